The van der Waals surface area contributed by atoms with Gasteiger partial charge in [0.2, 0.25) is 5.91 Å². The van der Waals surface area contributed by atoms with Crippen LogP contribution >= 0.6 is 0 Å². The molecule has 4 heteroatoms. The number of fused-ring (bicyclic) bond motifs is 3. The van der Waals surface area contributed by atoms with Gasteiger partial charge in [-0.05, 0) is 11.6 Å². The third-order valence-electron chi connectivity index (χ3n) is 4.13. The van der Waals surface area contributed by atoms with Crippen LogP contribution in [0.2, 0.25) is 0 Å². The second-order valence-electron chi connectivity index (χ2n) is 5.48. The van der Waals surface area contributed by atoms with E-state index in [1.165, 1.54) is 13.1 Å². The predicted molar refractivity (Wildman–Crippen MR) is 80.3 cm³/mol. The first-order valence-corrected chi connectivity index (χ1v) is 7.28. The van der Waals surface area contributed by atoms with Crippen molar-refractivity contribution in [2.24, 2.45) is 0 Å². The van der Waals surface area contributed by atoms with Gasteiger partial charge < -0.3 is 5.32 Å². The topological polar surface area (TPSA) is 35.6 Å². The van der Waals surface area contributed by atoms with Crippen LogP contribution in [0.15, 0.2) is 36.4 Å². The van der Waals surface area contributed by atoms with Crippen LogP contribution in [0.3, 0.4) is 0 Å². The fourth-order valence-electron chi connectivity index (χ4n) is 2.93. The summed E-state index contributed by atoms with van der Waals surface area (Å²) in [5.74, 6) is -0.00787. The van der Waals surface area contributed by atoms with Crippen LogP contribution in [0.25, 0.3) is 6.08 Å². The molecule has 2 bridgehead atoms. The molecule has 4 nitrogen and oxygen atoms in total. The molecule has 0 saturated carbocycles. The average Bonchev–Trinajstić information content (AvgIpc) is 2.53. The van der Waals surface area contributed by atoms with E-state index in [4.69, 9.17) is 0 Å². The third-order valence-corrected chi connectivity index (χ3v) is 4.13. The molecular formula is C16H21N3O. The number of carbonyl (C=O) groups is 1. The lowest BCUT2D eigenvalue weighted by Gasteiger charge is -2.47. The van der Waals surface area contributed by atoms with Crippen molar-refractivity contribution < 1.29 is 4.79 Å². The van der Waals surface area contributed by atoms with E-state index in [9.17, 15) is 4.79 Å². The van der Waals surface area contributed by atoms with Gasteiger partial charge in [0.1, 0.15) is 0 Å². The standard InChI is InChI=1S/C16H21N3O/c20-16(7-6-14-4-2-1-3-5-14)17-12-15-13-18-8-10-19(15)11-9-18/h1-7,15H,8-13H2,(H,17,20)/b7-6+. The van der Waals surface area contributed by atoms with Crippen LogP contribution < -0.4 is 5.32 Å². The lowest BCUT2D eigenvalue weighted by atomic mass is 10.1. The van der Waals surface area contributed by atoms with Crippen molar-refractivity contribution in [1.82, 2.24) is 15.1 Å². The summed E-state index contributed by atoms with van der Waals surface area (Å²) in [4.78, 5) is 16.8. The van der Waals surface area contributed by atoms with E-state index in [-0.39, 0.29) is 5.91 Å². The minimum absolute atomic E-state index is 0.00787. The molecule has 0 radical (unpaired) electrons. The molecule has 1 atom stereocenters. The quantitative estimate of drug-likeness (QED) is 0.824. The zero-order chi connectivity index (χ0) is 13.8. The van der Waals surface area contributed by atoms with Crippen LogP contribution in [-0.4, -0.2) is 61.0 Å². The summed E-state index contributed by atoms with van der Waals surface area (Å²) in [6.45, 7) is 6.47. The molecule has 3 fully saturated rings. The SMILES string of the molecule is O=C(/C=C/c1ccccc1)NCC1CN2CCN1CC2. The van der Waals surface area contributed by atoms with Crippen molar-refractivity contribution >= 4 is 12.0 Å². The Bertz CT molecular complexity index is 478. The number of amides is 1. The lowest BCUT2D eigenvalue weighted by molar-refractivity contribution is -0.117. The Labute approximate surface area is 120 Å². The summed E-state index contributed by atoms with van der Waals surface area (Å²) < 4.78 is 0. The fraction of sp³-hybridized carbons (Fsp3) is 0.438. The maximum Gasteiger partial charge on any atom is 0.244 e. The highest BCUT2D eigenvalue weighted by Gasteiger charge is 2.31. The maximum absolute atomic E-state index is 11.8. The molecule has 1 aromatic carbocycles. The van der Waals surface area contributed by atoms with Crippen LogP contribution in [-0.2, 0) is 4.79 Å². The number of piperazine rings is 3. The minimum Gasteiger partial charge on any atom is -0.351 e. The zero-order valence-electron chi connectivity index (χ0n) is 11.7. The summed E-state index contributed by atoms with van der Waals surface area (Å²) in [5, 5.41) is 3.01. The summed E-state index contributed by atoms with van der Waals surface area (Å²) in [6.07, 6.45) is 3.47. The number of benzene rings is 1. The van der Waals surface area contributed by atoms with Gasteiger partial charge in [0.05, 0.1) is 0 Å². The van der Waals surface area contributed by atoms with Crippen LogP contribution in [0.1, 0.15) is 5.56 Å². The summed E-state index contributed by atoms with van der Waals surface area (Å²) in [7, 11) is 0. The first-order chi connectivity index (χ1) is 9.81. The predicted octanol–water partition coefficient (Wildman–Crippen LogP) is 0.816. The molecule has 1 amide bonds. The monoisotopic (exact) mass is 271 g/mol. The summed E-state index contributed by atoms with van der Waals surface area (Å²) in [5.41, 5.74) is 1.05. The molecule has 3 aliphatic heterocycles. The Morgan fingerprint density at radius 2 is 1.95 bits per heavy atom. The van der Waals surface area contributed by atoms with Gasteiger partial charge in [0, 0.05) is 51.4 Å². The van der Waals surface area contributed by atoms with Gasteiger partial charge in [-0.3, -0.25) is 14.6 Å². The van der Waals surface area contributed by atoms with E-state index in [0.717, 1.165) is 31.7 Å². The maximum atomic E-state index is 11.8. The molecule has 3 saturated heterocycles. The van der Waals surface area contributed by atoms with Crippen molar-refractivity contribution in [2.45, 2.75) is 6.04 Å². The summed E-state index contributed by atoms with van der Waals surface area (Å²) >= 11 is 0. The van der Waals surface area contributed by atoms with Gasteiger partial charge in [-0.1, -0.05) is 30.3 Å². The van der Waals surface area contributed by atoms with Crippen LogP contribution in [0, 0.1) is 0 Å². The number of carbonyl (C=O) groups excluding carboxylic acids is 1. The van der Waals surface area contributed by atoms with E-state index >= 15 is 0 Å². The van der Waals surface area contributed by atoms with E-state index in [0.29, 0.717) is 6.04 Å². The second-order valence-corrected chi connectivity index (χ2v) is 5.48. The molecule has 3 heterocycles. The Balaban J connectivity index is 1.47. The number of nitrogens with one attached hydrogen (secondary N) is 1. The van der Waals surface area contributed by atoms with Gasteiger partial charge >= 0.3 is 0 Å². The highest BCUT2D eigenvalue weighted by molar-refractivity contribution is 5.91. The van der Waals surface area contributed by atoms with Crippen LogP contribution in [0.5, 0.6) is 0 Å². The number of rotatable bonds is 4. The lowest BCUT2D eigenvalue weighted by Crippen LogP contribution is -2.63. The molecule has 1 aromatic rings. The number of hydrogen-bond acceptors (Lipinski definition) is 3. The van der Waals surface area contributed by atoms with Crippen molar-refractivity contribution in [1.29, 1.82) is 0 Å². The smallest absolute Gasteiger partial charge is 0.244 e. The zero-order valence-corrected chi connectivity index (χ0v) is 11.7. The molecule has 0 aromatic heterocycles. The van der Waals surface area contributed by atoms with Crippen molar-refractivity contribution in [3.63, 3.8) is 0 Å². The highest BCUT2D eigenvalue weighted by atomic mass is 16.1. The molecule has 4 rings (SSSR count). The molecular weight excluding hydrogens is 250 g/mol. The van der Waals surface area contributed by atoms with E-state index in [1.54, 1.807) is 6.08 Å². The van der Waals surface area contributed by atoms with Crippen molar-refractivity contribution in [3.8, 4) is 0 Å². The van der Waals surface area contributed by atoms with Gasteiger partial charge in [0.25, 0.3) is 0 Å². The van der Waals surface area contributed by atoms with E-state index in [2.05, 4.69) is 15.1 Å². The minimum atomic E-state index is -0.00787. The molecule has 20 heavy (non-hydrogen) atoms. The largest absolute Gasteiger partial charge is 0.351 e. The van der Waals surface area contributed by atoms with E-state index in [1.807, 2.05) is 36.4 Å². The van der Waals surface area contributed by atoms with Gasteiger partial charge in [-0.15, -0.1) is 0 Å². The normalized spacial score (nSPS) is 28.7. The van der Waals surface area contributed by atoms with Crippen molar-refractivity contribution in [3.05, 3.63) is 42.0 Å². The Kier molecular flexibility index (Phi) is 4.14. The van der Waals surface area contributed by atoms with Crippen LogP contribution in [0.4, 0.5) is 0 Å². The second kappa shape index (κ2) is 6.20. The fourth-order valence-corrected chi connectivity index (χ4v) is 2.93. The Hall–Kier alpha value is -1.65. The van der Waals surface area contributed by atoms with Crippen molar-refractivity contribution in [2.75, 3.05) is 39.3 Å². The third kappa shape index (κ3) is 3.26. The molecule has 1 unspecified atom stereocenters. The first-order valence-electron chi connectivity index (χ1n) is 7.28. The number of hydrogen-bond donors (Lipinski definition) is 1. The first kappa shape index (κ1) is 13.3. The number of nitrogens with zero attached hydrogens (tertiary/aromatic N) is 2. The molecule has 3 aliphatic rings. The average molecular weight is 271 g/mol. The Morgan fingerprint density at radius 3 is 2.60 bits per heavy atom. The Morgan fingerprint density at radius 1 is 1.20 bits per heavy atom. The van der Waals surface area contributed by atoms with Gasteiger partial charge in [-0.25, -0.2) is 0 Å². The molecule has 106 valence electrons. The molecule has 0 spiro atoms. The summed E-state index contributed by atoms with van der Waals surface area (Å²) in [6, 6.07) is 10.4. The van der Waals surface area contributed by atoms with E-state index < -0.39 is 0 Å². The van der Waals surface area contributed by atoms with Gasteiger partial charge in [0.15, 0.2) is 0 Å². The molecule has 0 aliphatic carbocycles. The van der Waals surface area contributed by atoms with Gasteiger partial charge in [-0.2, -0.15) is 0 Å². The molecule has 1 N–H and O–H groups in total. The highest BCUT2D eigenvalue weighted by Crippen LogP contribution is 2.14.